The van der Waals surface area contributed by atoms with E-state index in [0.717, 1.165) is 0 Å². The van der Waals surface area contributed by atoms with Crippen LogP contribution in [0.3, 0.4) is 0 Å². The molecule has 1 unspecified atom stereocenters. The Labute approximate surface area is 91.2 Å². The largest absolute Gasteiger partial charge is 0.310 e. The molecule has 0 radical (unpaired) electrons. The van der Waals surface area contributed by atoms with Gasteiger partial charge in [-0.05, 0) is 32.7 Å². The minimum atomic E-state index is 0.360. The molecule has 0 saturated carbocycles. The predicted octanol–water partition coefficient (Wildman–Crippen LogP) is 2.18. The molecular weight excluding hydrogens is 186 g/mol. The minimum Gasteiger partial charge on any atom is -0.310 e. The van der Waals surface area contributed by atoms with Crippen LogP contribution in [-0.4, -0.2) is 16.8 Å². The number of hydrogen-bond acceptors (Lipinski definition) is 2. The van der Waals surface area contributed by atoms with Gasteiger partial charge in [0.1, 0.15) is 0 Å². The molecule has 1 aromatic rings. The summed E-state index contributed by atoms with van der Waals surface area (Å²) in [6.45, 7) is 0. The van der Waals surface area contributed by atoms with Crippen molar-refractivity contribution in [1.29, 1.82) is 0 Å². The highest BCUT2D eigenvalue weighted by atomic mass is 15.2. The first-order chi connectivity index (χ1) is 7.31. The fourth-order valence-corrected chi connectivity index (χ4v) is 2.28. The summed E-state index contributed by atoms with van der Waals surface area (Å²) in [6, 6.07) is 0.360. The zero-order valence-electron chi connectivity index (χ0n) is 9.53. The van der Waals surface area contributed by atoms with Crippen molar-refractivity contribution in [3.63, 3.8) is 0 Å². The maximum atomic E-state index is 4.23. The third kappa shape index (κ3) is 2.29. The molecule has 1 aliphatic carbocycles. The van der Waals surface area contributed by atoms with Gasteiger partial charge >= 0.3 is 0 Å². The van der Waals surface area contributed by atoms with Crippen molar-refractivity contribution >= 4 is 0 Å². The van der Waals surface area contributed by atoms with E-state index in [4.69, 9.17) is 0 Å². The van der Waals surface area contributed by atoms with Crippen LogP contribution in [0.4, 0.5) is 0 Å². The number of nitrogens with zero attached hydrogens (tertiary/aromatic N) is 2. The number of aryl methyl sites for hydroxylation is 1. The van der Waals surface area contributed by atoms with E-state index in [-0.39, 0.29) is 0 Å². The maximum Gasteiger partial charge on any atom is 0.0564 e. The molecule has 1 aliphatic rings. The molecule has 3 heteroatoms. The van der Waals surface area contributed by atoms with E-state index in [2.05, 4.69) is 22.7 Å². The first-order valence-corrected chi connectivity index (χ1v) is 5.66. The molecule has 0 bridgehead atoms. The molecule has 0 aromatic carbocycles. The van der Waals surface area contributed by atoms with Gasteiger partial charge in [-0.2, -0.15) is 5.10 Å². The fraction of sp³-hybridized carbons (Fsp3) is 0.583. The zero-order valence-corrected chi connectivity index (χ0v) is 9.53. The van der Waals surface area contributed by atoms with Crippen LogP contribution in [0.5, 0.6) is 0 Å². The van der Waals surface area contributed by atoms with Gasteiger partial charge in [0.25, 0.3) is 0 Å². The van der Waals surface area contributed by atoms with Gasteiger partial charge in [-0.25, -0.2) is 0 Å². The Bertz CT molecular complexity index is 352. The Morgan fingerprint density at radius 1 is 1.47 bits per heavy atom. The van der Waals surface area contributed by atoms with Crippen molar-refractivity contribution in [3.8, 4) is 0 Å². The van der Waals surface area contributed by atoms with Gasteiger partial charge in [0.05, 0.1) is 12.2 Å². The molecule has 82 valence electrons. The summed E-state index contributed by atoms with van der Waals surface area (Å²) < 4.78 is 1.86. The lowest BCUT2D eigenvalue weighted by atomic mass is 9.91. The SMILES string of the molecule is CNC(C1=CCCCC1)c1cnn(C)c1. The topological polar surface area (TPSA) is 29.9 Å². The lowest BCUT2D eigenvalue weighted by Gasteiger charge is -2.21. The van der Waals surface area contributed by atoms with Crippen LogP contribution in [0.1, 0.15) is 37.3 Å². The minimum absolute atomic E-state index is 0.360. The summed E-state index contributed by atoms with van der Waals surface area (Å²) >= 11 is 0. The summed E-state index contributed by atoms with van der Waals surface area (Å²) in [4.78, 5) is 0. The van der Waals surface area contributed by atoms with Crippen molar-refractivity contribution in [2.75, 3.05) is 7.05 Å². The Hall–Kier alpha value is -1.09. The van der Waals surface area contributed by atoms with Crippen LogP contribution in [0, 0.1) is 0 Å². The number of rotatable bonds is 3. The lowest BCUT2D eigenvalue weighted by Crippen LogP contribution is -2.19. The molecule has 1 N–H and O–H groups in total. The fourth-order valence-electron chi connectivity index (χ4n) is 2.28. The quantitative estimate of drug-likeness (QED) is 0.766. The summed E-state index contributed by atoms with van der Waals surface area (Å²) in [7, 11) is 3.98. The smallest absolute Gasteiger partial charge is 0.0564 e. The first-order valence-electron chi connectivity index (χ1n) is 5.66. The molecule has 15 heavy (non-hydrogen) atoms. The van der Waals surface area contributed by atoms with E-state index < -0.39 is 0 Å². The van der Waals surface area contributed by atoms with Gasteiger partial charge in [-0.15, -0.1) is 0 Å². The molecule has 2 rings (SSSR count). The van der Waals surface area contributed by atoms with E-state index in [9.17, 15) is 0 Å². The van der Waals surface area contributed by atoms with Crippen molar-refractivity contribution in [1.82, 2.24) is 15.1 Å². The summed E-state index contributed by atoms with van der Waals surface area (Å²) in [5.41, 5.74) is 2.80. The highest BCUT2D eigenvalue weighted by Gasteiger charge is 2.17. The number of aromatic nitrogens is 2. The summed E-state index contributed by atoms with van der Waals surface area (Å²) in [6.07, 6.45) is 11.6. The van der Waals surface area contributed by atoms with Gasteiger partial charge in [0.2, 0.25) is 0 Å². The van der Waals surface area contributed by atoms with Crippen LogP contribution >= 0.6 is 0 Å². The van der Waals surface area contributed by atoms with Gasteiger partial charge in [0, 0.05) is 18.8 Å². The highest BCUT2D eigenvalue weighted by Crippen LogP contribution is 2.29. The van der Waals surface area contributed by atoms with Crippen molar-refractivity contribution in [2.24, 2.45) is 7.05 Å². The second-order valence-corrected chi connectivity index (χ2v) is 4.19. The van der Waals surface area contributed by atoms with E-state index in [0.29, 0.717) is 6.04 Å². The molecule has 0 aliphatic heterocycles. The van der Waals surface area contributed by atoms with Crippen molar-refractivity contribution in [3.05, 3.63) is 29.6 Å². The number of likely N-dealkylation sites (N-methyl/N-ethyl adjacent to an activating group) is 1. The average Bonchev–Trinajstić information content (AvgIpc) is 2.68. The molecule has 3 nitrogen and oxygen atoms in total. The zero-order chi connectivity index (χ0) is 10.7. The van der Waals surface area contributed by atoms with E-state index in [1.54, 1.807) is 0 Å². The summed E-state index contributed by atoms with van der Waals surface area (Å²) in [5.74, 6) is 0. The first kappa shape index (κ1) is 10.4. The second kappa shape index (κ2) is 4.62. The molecule has 0 saturated heterocycles. The molecule has 0 amide bonds. The Morgan fingerprint density at radius 2 is 2.33 bits per heavy atom. The van der Waals surface area contributed by atoms with Crippen molar-refractivity contribution in [2.45, 2.75) is 31.7 Å². The van der Waals surface area contributed by atoms with Crippen LogP contribution < -0.4 is 5.32 Å². The molecular formula is C12H19N3. The van der Waals surface area contributed by atoms with E-state index in [1.807, 2.05) is 25.0 Å². The second-order valence-electron chi connectivity index (χ2n) is 4.19. The molecule has 0 fully saturated rings. The number of allylic oxidation sites excluding steroid dienone is 1. The highest BCUT2D eigenvalue weighted by molar-refractivity contribution is 5.25. The van der Waals surface area contributed by atoms with Gasteiger partial charge in [-0.1, -0.05) is 11.6 Å². The molecule has 1 atom stereocenters. The maximum absolute atomic E-state index is 4.23. The Kier molecular flexibility index (Phi) is 3.21. The number of nitrogens with one attached hydrogen (secondary N) is 1. The summed E-state index contributed by atoms with van der Waals surface area (Å²) in [5, 5.41) is 7.61. The number of hydrogen-bond donors (Lipinski definition) is 1. The molecule has 0 spiro atoms. The predicted molar refractivity (Wildman–Crippen MR) is 61.6 cm³/mol. The monoisotopic (exact) mass is 205 g/mol. The van der Waals surface area contributed by atoms with E-state index in [1.165, 1.54) is 36.8 Å². The Balaban J connectivity index is 2.19. The average molecular weight is 205 g/mol. The van der Waals surface area contributed by atoms with Crippen LogP contribution in [-0.2, 0) is 7.05 Å². The van der Waals surface area contributed by atoms with Crippen LogP contribution in [0.25, 0.3) is 0 Å². The van der Waals surface area contributed by atoms with Crippen molar-refractivity contribution < 1.29 is 0 Å². The molecule has 1 heterocycles. The Morgan fingerprint density at radius 3 is 2.87 bits per heavy atom. The lowest BCUT2D eigenvalue weighted by molar-refractivity contribution is 0.592. The third-order valence-electron chi connectivity index (χ3n) is 3.04. The van der Waals surface area contributed by atoms with E-state index >= 15 is 0 Å². The third-order valence-corrected chi connectivity index (χ3v) is 3.04. The van der Waals surface area contributed by atoms with Gasteiger partial charge < -0.3 is 5.32 Å². The van der Waals surface area contributed by atoms with Gasteiger partial charge in [0.15, 0.2) is 0 Å². The van der Waals surface area contributed by atoms with Crippen LogP contribution in [0.15, 0.2) is 24.0 Å². The van der Waals surface area contributed by atoms with Gasteiger partial charge in [-0.3, -0.25) is 4.68 Å². The normalized spacial score (nSPS) is 18.7. The van der Waals surface area contributed by atoms with Crippen LogP contribution in [0.2, 0.25) is 0 Å². The standard InChI is InChI=1S/C12H19N3/c1-13-12(10-6-4-3-5-7-10)11-8-14-15(2)9-11/h6,8-9,12-13H,3-5,7H2,1-2H3. The molecule has 1 aromatic heterocycles.